The van der Waals surface area contributed by atoms with Crippen molar-refractivity contribution in [3.05, 3.63) is 53.1 Å². The lowest BCUT2D eigenvalue weighted by molar-refractivity contribution is 0.0954. The zero-order valence-electron chi connectivity index (χ0n) is 19.2. The molecule has 8 heteroatoms. The van der Waals surface area contributed by atoms with Crippen molar-refractivity contribution < 1.29 is 19.0 Å². The molecular weight excluding hydrogens is 408 g/mol. The first-order valence-electron chi connectivity index (χ1n) is 10.8. The highest BCUT2D eigenvalue weighted by atomic mass is 16.5. The van der Waals surface area contributed by atoms with Gasteiger partial charge in [-0.25, -0.2) is 0 Å². The second-order valence-corrected chi connectivity index (χ2v) is 7.37. The summed E-state index contributed by atoms with van der Waals surface area (Å²) in [5.74, 6) is 2.84. The first-order valence-corrected chi connectivity index (χ1v) is 10.8. The third kappa shape index (κ3) is 5.63. The van der Waals surface area contributed by atoms with Gasteiger partial charge in [0.1, 0.15) is 5.75 Å². The van der Waals surface area contributed by atoms with E-state index in [-0.39, 0.29) is 5.91 Å². The Kier molecular flexibility index (Phi) is 8.19. The molecule has 0 saturated carbocycles. The van der Waals surface area contributed by atoms with E-state index in [0.29, 0.717) is 24.4 Å². The quantitative estimate of drug-likeness (QED) is 0.373. The maximum atomic E-state index is 12.4. The van der Waals surface area contributed by atoms with Crippen molar-refractivity contribution in [1.29, 1.82) is 0 Å². The molecule has 0 saturated heterocycles. The molecular formula is C24H32N4O4. The van der Waals surface area contributed by atoms with Crippen LogP contribution in [-0.4, -0.2) is 64.3 Å². The lowest BCUT2D eigenvalue weighted by atomic mass is 9.99. The molecule has 2 aromatic rings. The van der Waals surface area contributed by atoms with Crippen LogP contribution in [0.25, 0.3) is 0 Å². The minimum Gasteiger partial charge on any atom is -0.497 e. The fourth-order valence-corrected chi connectivity index (χ4v) is 3.69. The van der Waals surface area contributed by atoms with Crippen LogP contribution >= 0.6 is 0 Å². The number of carbonyl (C=O) groups is 1. The van der Waals surface area contributed by atoms with Gasteiger partial charge in [0, 0.05) is 31.7 Å². The van der Waals surface area contributed by atoms with Gasteiger partial charge in [-0.1, -0.05) is 6.07 Å². The Labute approximate surface area is 189 Å². The molecule has 2 aromatic carbocycles. The predicted molar refractivity (Wildman–Crippen MR) is 125 cm³/mol. The number of nitrogens with one attached hydrogen (secondary N) is 2. The summed E-state index contributed by atoms with van der Waals surface area (Å²) in [4.78, 5) is 19.3. The predicted octanol–water partition coefficient (Wildman–Crippen LogP) is 2.47. The van der Waals surface area contributed by atoms with Gasteiger partial charge in [-0.3, -0.25) is 9.79 Å². The zero-order valence-corrected chi connectivity index (χ0v) is 19.2. The average Bonchev–Trinajstić information content (AvgIpc) is 2.84. The van der Waals surface area contributed by atoms with Gasteiger partial charge in [0.2, 0.25) is 0 Å². The molecule has 0 bridgehead atoms. The number of ether oxygens (including phenoxy) is 3. The van der Waals surface area contributed by atoms with Crippen molar-refractivity contribution in [3.8, 4) is 17.2 Å². The van der Waals surface area contributed by atoms with Gasteiger partial charge in [-0.2, -0.15) is 0 Å². The zero-order chi connectivity index (χ0) is 22.9. The van der Waals surface area contributed by atoms with Gasteiger partial charge in [0.15, 0.2) is 17.5 Å². The number of hydrogen-bond acceptors (Lipinski definition) is 5. The van der Waals surface area contributed by atoms with Crippen LogP contribution in [0.15, 0.2) is 41.4 Å². The van der Waals surface area contributed by atoms with E-state index in [1.807, 2.05) is 19.1 Å². The highest BCUT2D eigenvalue weighted by Gasteiger charge is 2.21. The monoisotopic (exact) mass is 440 g/mol. The van der Waals surface area contributed by atoms with Gasteiger partial charge in [0.05, 0.1) is 27.9 Å². The van der Waals surface area contributed by atoms with Crippen molar-refractivity contribution in [2.75, 3.05) is 47.5 Å². The van der Waals surface area contributed by atoms with E-state index in [0.717, 1.165) is 43.5 Å². The molecule has 0 spiro atoms. The van der Waals surface area contributed by atoms with Crippen LogP contribution in [0, 0.1) is 0 Å². The second kappa shape index (κ2) is 11.3. The molecule has 0 fully saturated rings. The SMILES string of the molecule is CCNC(=NCCNC(=O)c1cccc(OC)c1)N1CCc2cc(OC)c(OC)cc2C1. The van der Waals surface area contributed by atoms with Crippen LogP contribution in [0.1, 0.15) is 28.4 Å². The number of rotatable bonds is 8. The van der Waals surface area contributed by atoms with Crippen LogP contribution in [0.3, 0.4) is 0 Å². The fraction of sp³-hybridized carbons (Fsp3) is 0.417. The lowest BCUT2D eigenvalue weighted by Crippen LogP contribution is -2.44. The average molecular weight is 441 g/mol. The maximum absolute atomic E-state index is 12.4. The van der Waals surface area contributed by atoms with Gasteiger partial charge in [-0.05, 0) is 54.8 Å². The summed E-state index contributed by atoms with van der Waals surface area (Å²) < 4.78 is 16.1. The summed E-state index contributed by atoms with van der Waals surface area (Å²) >= 11 is 0. The Morgan fingerprint density at radius 1 is 1.03 bits per heavy atom. The third-order valence-corrected chi connectivity index (χ3v) is 5.34. The molecule has 1 aliphatic rings. The Morgan fingerprint density at radius 3 is 2.47 bits per heavy atom. The molecule has 1 aliphatic heterocycles. The molecule has 172 valence electrons. The standard InChI is InChI=1S/C24H32N4O4/c1-5-25-24(27-11-10-26-23(29)18-7-6-8-20(13-18)30-2)28-12-9-17-14-21(31-3)22(32-4)15-19(17)16-28/h6-8,13-15H,5,9-12,16H2,1-4H3,(H,25,27)(H,26,29). The van der Waals surface area contributed by atoms with Crippen molar-refractivity contribution >= 4 is 11.9 Å². The van der Waals surface area contributed by atoms with E-state index in [9.17, 15) is 4.79 Å². The number of benzene rings is 2. The number of amides is 1. The minimum absolute atomic E-state index is 0.142. The molecule has 0 unspecified atom stereocenters. The fourth-order valence-electron chi connectivity index (χ4n) is 3.69. The number of nitrogens with zero attached hydrogens (tertiary/aromatic N) is 2. The highest BCUT2D eigenvalue weighted by molar-refractivity contribution is 5.94. The summed E-state index contributed by atoms with van der Waals surface area (Å²) in [6.07, 6.45) is 0.896. The number of guanidine groups is 1. The van der Waals surface area contributed by atoms with E-state index < -0.39 is 0 Å². The molecule has 1 amide bonds. The molecule has 0 radical (unpaired) electrons. The van der Waals surface area contributed by atoms with E-state index in [1.54, 1.807) is 39.5 Å². The number of fused-ring (bicyclic) bond motifs is 1. The number of carbonyl (C=O) groups excluding carboxylic acids is 1. The van der Waals surface area contributed by atoms with E-state index >= 15 is 0 Å². The smallest absolute Gasteiger partial charge is 0.251 e. The maximum Gasteiger partial charge on any atom is 0.251 e. The first kappa shape index (κ1) is 23.2. The minimum atomic E-state index is -0.142. The van der Waals surface area contributed by atoms with Crippen molar-refractivity contribution in [2.45, 2.75) is 19.9 Å². The normalized spacial score (nSPS) is 13.2. The molecule has 0 aromatic heterocycles. The van der Waals surface area contributed by atoms with E-state index in [1.165, 1.54) is 11.1 Å². The number of hydrogen-bond donors (Lipinski definition) is 2. The molecule has 8 nitrogen and oxygen atoms in total. The summed E-state index contributed by atoms with van der Waals surface area (Å²) in [7, 11) is 4.89. The first-order chi connectivity index (χ1) is 15.6. The molecule has 2 N–H and O–H groups in total. The van der Waals surface area contributed by atoms with Crippen molar-refractivity contribution in [1.82, 2.24) is 15.5 Å². The van der Waals surface area contributed by atoms with Gasteiger partial charge in [0.25, 0.3) is 5.91 Å². The molecule has 1 heterocycles. The van der Waals surface area contributed by atoms with E-state index in [4.69, 9.17) is 19.2 Å². The van der Waals surface area contributed by atoms with Gasteiger partial charge in [-0.15, -0.1) is 0 Å². The van der Waals surface area contributed by atoms with Crippen LogP contribution < -0.4 is 24.8 Å². The molecule has 0 atom stereocenters. The Morgan fingerprint density at radius 2 is 1.78 bits per heavy atom. The Hall–Kier alpha value is -3.42. The summed E-state index contributed by atoms with van der Waals surface area (Å²) in [5.41, 5.74) is 3.03. The highest BCUT2D eigenvalue weighted by Crippen LogP contribution is 2.33. The summed E-state index contributed by atoms with van der Waals surface area (Å²) in [6.45, 7) is 5.33. The molecule has 3 rings (SSSR count). The van der Waals surface area contributed by atoms with Crippen LogP contribution in [-0.2, 0) is 13.0 Å². The van der Waals surface area contributed by atoms with Crippen LogP contribution in [0.5, 0.6) is 17.2 Å². The third-order valence-electron chi connectivity index (χ3n) is 5.34. The molecule has 0 aliphatic carbocycles. The summed E-state index contributed by atoms with van der Waals surface area (Å²) in [6, 6.07) is 11.2. The largest absolute Gasteiger partial charge is 0.497 e. The van der Waals surface area contributed by atoms with Crippen molar-refractivity contribution in [3.63, 3.8) is 0 Å². The van der Waals surface area contributed by atoms with E-state index in [2.05, 4.69) is 21.6 Å². The lowest BCUT2D eigenvalue weighted by Gasteiger charge is -2.32. The molecule has 32 heavy (non-hydrogen) atoms. The van der Waals surface area contributed by atoms with Gasteiger partial charge >= 0.3 is 0 Å². The number of aliphatic imine (C=N–C) groups is 1. The number of methoxy groups -OCH3 is 3. The topological polar surface area (TPSA) is 84.4 Å². The van der Waals surface area contributed by atoms with Crippen molar-refractivity contribution in [2.24, 2.45) is 4.99 Å². The Bertz CT molecular complexity index is 961. The van der Waals surface area contributed by atoms with Crippen LogP contribution in [0.4, 0.5) is 0 Å². The van der Waals surface area contributed by atoms with Gasteiger partial charge < -0.3 is 29.7 Å². The summed E-state index contributed by atoms with van der Waals surface area (Å²) in [5, 5.41) is 6.28. The second-order valence-electron chi connectivity index (χ2n) is 7.37. The Balaban J connectivity index is 1.62. The van der Waals surface area contributed by atoms with Crippen LogP contribution in [0.2, 0.25) is 0 Å².